The minimum atomic E-state index is -0.399. The Balaban J connectivity index is 1.89. The van der Waals surface area contributed by atoms with Crippen LogP contribution in [-0.4, -0.2) is 18.3 Å². The Morgan fingerprint density at radius 1 is 1.19 bits per heavy atom. The second-order valence-electron chi connectivity index (χ2n) is 5.09. The molecule has 0 fully saturated rings. The van der Waals surface area contributed by atoms with Gasteiger partial charge in [0.15, 0.2) is 0 Å². The van der Waals surface area contributed by atoms with Gasteiger partial charge in [0.2, 0.25) is 0 Å². The Morgan fingerprint density at radius 2 is 1.95 bits per heavy atom. The predicted molar refractivity (Wildman–Crippen MR) is 83.3 cm³/mol. The van der Waals surface area contributed by atoms with Gasteiger partial charge >= 0.3 is 5.97 Å². The summed E-state index contributed by atoms with van der Waals surface area (Å²) in [6.45, 7) is 4.70. The first kappa shape index (κ1) is 15.3. The Morgan fingerprint density at radius 3 is 2.57 bits per heavy atom. The van der Waals surface area contributed by atoms with Crippen molar-refractivity contribution in [2.24, 2.45) is 5.16 Å². The highest BCUT2D eigenvalue weighted by Crippen LogP contribution is 2.18. The molecule has 1 heterocycles. The third-order valence-corrected chi connectivity index (χ3v) is 3.33. The highest BCUT2D eigenvalue weighted by Gasteiger charge is 2.21. The molecule has 0 radical (unpaired) electrons. The van der Waals surface area contributed by atoms with Crippen LogP contribution in [0.3, 0.4) is 0 Å². The lowest BCUT2D eigenvalue weighted by molar-refractivity contribution is -0.136. The van der Waals surface area contributed by atoms with Gasteiger partial charge in [-0.15, -0.1) is 0 Å². The lowest BCUT2D eigenvalue weighted by Gasteiger charge is -2.06. The smallest absolute Gasteiger partial charge is 0.367 e. The van der Waals surface area contributed by atoms with Gasteiger partial charge in [-0.3, -0.25) is 0 Å². The van der Waals surface area contributed by atoms with Crippen LogP contribution in [0.1, 0.15) is 45.1 Å². The van der Waals surface area contributed by atoms with Crippen molar-refractivity contribution >= 4 is 17.8 Å². The van der Waals surface area contributed by atoms with Crippen molar-refractivity contribution in [2.45, 2.75) is 39.5 Å². The first-order valence-electron chi connectivity index (χ1n) is 7.41. The zero-order valence-corrected chi connectivity index (χ0v) is 12.6. The number of carbonyl (C=O) groups is 1. The molecule has 0 saturated heterocycles. The summed E-state index contributed by atoms with van der Waals surface area (Å²) in [5.41, 5.74) is 2.04. The fourth-order valence-electron chi connectivity index (χ4n) is 2.07. The molecule has 0 bridgehead atoms. The molecule has 1 aromatic carbocycles. The Labute approximate surface area is 125 Å². The van der Waals surface area contributed by atoms with Crippen LogP contribution in [-0.2, 0) is 9.63 Å². The largest absolute Gasteiger partial charge is 0.494 e. The second kappa shape index (κ2) is 7.62. The number of carbonyl (C=O) groups excluding carboxylic acids is 1. The van der Waals surface area contributed by atoms with E-state index in [9.17, 15) is 4.79 Å². The molecule has 1 aliphatic heterocycles. The Kier molecular flexibility index (Phi) is 5.55. The van der Waals surface area contributed by atoms with Gasteiger partial charge in [-0.05, 0) is 37.1 Å². The number of nitrogens with zero attached hydrogens (tertiary/aromatic N) is 1. The molecule has 0 atom stereocenters. The maximum Gasteiger partial charge on any atom is 0.367 e. The Bertz CT molecular complexity index is 544. The van der Waals surface area contributed by atoms with Gasteiger partial charge in [0.05, 0.1) is 17.9 Å². The third kappa shape index (κ3) is 4.45. The van der Waals surface area contributed by atoms with E-state index in [2.05, 4.69) is 16.9 Å². The van der Waals surface area contributed by atoms with Crippen molar-refractivity contribution in [3.05, 3.63) is 35.4 Å². The highest BCUT2D eigenvalue weighted by atomic mass is 16.7. The number of unbranched alkanes of at least 4 members (excludes halogenated alkanes) is 3. The molecule has 0 spiro atoms. The van der Waals surface area contributed by atoms with Gasteiger partial charge in [0.25, 0.3) is 0 Å². The van der Waals surface area contributed by atoms with E-state index in [0.717, 1.165) is 24.3 Å². The van der Waals surface area contributed by atoms with E-state index < -0.39 is 5.97 Å². The highest BCUT2D eigenvalue weighted by molar-refractivity contribution is 6.24. The van der Waals surface area contributed by atoms with E-state index in [4.69, 9.17) is 4.74 Å². The van der Waals surface area contributed by atoms with Crippen LogP contribution in [0.4, 0.5) is 0 Å². The van der Waals surface area contributed by atoms with Crippen molar-refractivity contribution < 1.29 is 14.4 Å². The summed E-state index contributed by atoms with van der Waals surface area (Å²) in [6.07, 6.45) is 6.56. The summed E-state index contributed by atoms with van der Waals surface area (Å²) in [5, 5.41) is 3.65. The fourth-order valence-corrected chi connectivity index (χ4v) is 2.07. The number of oxime groups is 1. The Hall–Kier alpha value is -2.10. The van der Waals surface area contributed by atoms with Crippen LogP contribution in [0, 0.1) is 0 Å². The molecular formula is C17H21NO3. The van der Waals surface area contributed by atoms with Crippen molar-refractivity contribution in [2.75, 3.05) is 6.61 Å². The van der Waals surface area contributed by atoms with Gasteiger partial charge in [-0.2, -0.15) is 0 Å². The lowest BCUT2D eigenvalue weighted by atomic mass is 10.1. The van der Waals surface area contributed by atoms with Gasteiger partial charge in [0, 0.05) is 0 Å². The normalized spacial score (nSPS) is 16.0. The molecular weight excluding hydrogens is 266 g/mol. The zero-order chi connectivity index (χ0) is 15.1. The second-order valence-corrected chi connectivity index (χ2v) is 5.09. The third-order valence-electron chi connectivity index (χ3n) is 3.33. The van der Waals surface area contributed by atoms with Crippen molar-refractivity contribution in [1.82, 2.24) is 0 Å². The summed E-state index contributed by atoms with van der Waals surface area (Å²) in [6, 6.07) is 7.68. The maximum absolute atomic E-state index is 11.5. The quantitative estimate of drug-likeness (QED) is 0.433. The molecule has 4 nitrogen and oxygen atoms in total. The molecule has 4 heteroatoms. The standard InChI is InChI=1S/C17H21NO3/c1-3-4-5-6-11-20-15-9-7-14(8-10-15)12-16-13(2)18-21-17(16)19/h7-10,12H,3-6,11H2,1-2H3/b16-12+. The van der Waals surface area contributed by atoms with E-state index in [1.54, 1.807) is 13.0 Å². The van der Waals surface area contributed by atoms with E-state index in [-0.39, 0.29) is 0 Å². The van der Waals surface area contributed by atoms with Gasteiger partial charge in [-0.25, -0.2) is 4.79 Å². The van der Waals surface area contributed by atoms with Crippen LogP contribution in [0.25, 0.3) is 6.08 Å². The summed E-state index contributed by atoms with van der Waals surface area (Å²) in [7, 11) is 0. The first-order valence-corrected chi connectivity index (χ1v) is 7.41. The number of rotatable bonds is 7. The molecule has 2 rings (SSSR count). The summed E-state index contributed by atoms with van der Waals surface area (Å²) in [5.74, 6) is 0.455. The van der Waals surface area contributed by atoms with Crippen LogP contribution < -0.4 is 4.74 Å². The van der Waals surface area contributed by atoms with Crippen molar-refractivity contribution in [1.29, 1.82) is 0 Å². The number of hydrogen-bond donors (Lipinski definition) is 0. The van der Waals surface area contributed by atoms with E-state index in [1.165, 1.54) is 19.3 Å². The van der Waals surface area contributed by atoms with Gasteiger partial charge < -0.3 is 9.57 Å². The average Bonchev–Trinajstić information content (AvgIpc) is 2.80. The molecule has 0 N–H and O–H groups in total. The lowest BCUT2D eigenvalue weighted by Crippen LogP contribution is -2.01. The van der Waals surface area contributed by atoms with Gasteiger partial charge in [-0.1, -0.05) is 43.5 Å². The number of hydrogen-bond acceptors (Lipinski definition) is 4. The SMILES string of the molecule is CCCCCCOc1ccc(/C=C2/C(=O)ON=C2C)cc1. The maximum atomic E-state index is 11.5. The molecule has 0 amide bonds. The molecule has 0 saturated carbocycles. The number of ether oxygens (including phenoxy) is 1. The van der Waals surface area contributed by atoms with Crippen LogP contribution in [0.5, 0.6) is 5.75 Å². The minimum Gasteiger partial charge on any atom is -0.494 e. The topological polar surface area (TPSA) is 47.9 Å². The average molecular weight is 287 g/mol. The van der Waals surface area contributed by atoms with Crippen LogP contribution in [0.15, 0.2) is 35.0 Å². The molecule has 1 aliphatic rings. The fraction of sp³-hybridized carbons (Fsp3) is 0.412. The van der Waals surface area contributed by atoms with Crippen LogP contribution >= 0.6 is 0 Å². The molecule has 21 heavy (non-hydrogen) atoms. The van der Waals surface area contributed by atoms with E-state index in [1.807, 2.05) is 24.3 Å². The first-order chi connectivity index (χ1) is 10.2. The predicted octanol–water partition coefficient (Wildman–Crippen LogP) is 3.96. The number of benzene rings is 1. The summed E-state index contributed by atoms with van der Waals surface area (Å²) in [4.78, 5) is 16.1. The molecule has 1 aromatic rings. The molecule has 0 aliphatic carbocycles. The van der Waals surface area contributed by atoms with Crippen molar-refractivity contribution in [3.8, 4) is 5.75 Å². The van der Waals surface area contributed by atoms with E-state index in [0.29, 0.717) is 11.3 Å². The monoisotopic (exact) mass is 287 g/mol. The molecule has 112 valence electrons. The van der Waals surface area contributed by atoms with E-state index >= 15 is 0 Å². The zero-order valence-electron chi connectivity index (χ0n) is 12.6. The molecule has 0 aromatic heterocycles. The molecule has 0 unspecified atom stereocenters. The summed E-state index contributed by atoms with van der Waals surface area (Å²) >= 11 is 0. The van der Waals surface area contributed by atoms with Crippen molar-refractivity contribution in [3.63, 3.8) is 0 Å². The van der Waals surface area contributed by atoms with Gasteiger partial charge in [0.1, 0.15) is 5.75 Å². The summed E-state index contributed by atoms with van der Waals surface area (Å²) < 4.78 is 5.68. The minimum absolute atomic E-state index is 0.399. The van der Waals surface area contributed by atoms with Crippen LogP contribution in [0.2, 0.25) is 0 Å².